The van der Waals surface area contributed by atoms with Gasteiger partial charge in [0.15, 0.2) is 17.3 Å². The molecule has 1 saturated heterocycles. The summed E-state index contributed by atoms with van der Waals surface area (Å²) >= 11 is 5.91. The third kappa shape index (κ3) is 6.03. The molecular weight excluding hydrogens is 487 g/mol. The van der Waals surface area contributed by atoms with E-state index in [9.17, 15) is 14.3 Å². The van der Waals surface area contributed by atoms with E-state index in [1.54, 1.807) is 25.3 Å². The Bertz CT molecular complexity index is 1210. The quantitative estimate of drug-likeness (QED) is 0.377. The minimum absolute atomic E-state index is 0.0191. The van der Waals surface area contributed by atoms with Crippen molar-refractivity contribution in [2.75, 3.05) is 32.1 Å². The fraction of sp³-hybridized carbons (Fsp3) is 0.423. The zero-order valence-electron chi connectivity index (χ0n) is 20.3. The zero-order chi connectivity index (χ0) is 25.7. The lowest BCUT2D eigenvalue weighted by Crippen LogP contribution is -2.39. The molecule has 2 atom stereocenters. The lowest BCUT2D eigenvalue weighted by molar-refractivity contribution is -0.117. The molecule has 0 radical (unpaired) electrons. The molecule has 192 valence electrons. The van der Waals surface area contributed by atoms with Gasteiger partial charge in [0.25, 0.3) is 0 Å². The maximum atomic E-state index is 14.4. The van der Waals surface area contributed by atoms with Crippen molar-refractivity contribution in [1.82, 2.24) is 14.9 Å². The predicted octanol–water partition coefficient (Wildman–Crippen LogP) is 4.60. The summed E-state index contributed by atoms with van der Waals surface area (Å²) in [6, 6.07) is 8.32. The summed E-state index contributed by atoms with van der Waals surface area (Å²) in [6.07, 6.45) is 3.57. The molecule has 0 spiro atoms. The number of aliphatic hydroxyl groups is 1. The second-order valence-electron chi connectivity index (χ2n) is 9.02. The van der Waals surface area contributed by atoms with Crippen molar-refractivity contribution in [2.45, 2.75) is 38.4 Å². The summed E-state index contributed by atoms with van der Waals surface area (Å²) in [7, 11) is 1.57. The van der Waals surface area contributed by atoms with Crippen LogP contribution in [0.3, 0.4) is 0 Å². The predicted molar refractivity (Wildman–Crippen MR) is 137 cm³/mol. The number of halogens is 2. The van der Waals surface area contributed by atoms with Crippen molar-refractivity contribution in [2.24, 2.45) is 5.92 Å². The molecule has 2 N–H and O–H groups in total. The van der Waals surface area contributed by atoms with Crippen LogP contribution in [-0.2, 0) is 4.79 Å². The van der Waals surface area contributed by atoms with Crippen LogP contribution in [0, 0.1) is 11.7 Å². The van der Waals surface area contributed by atoms with Gasteiger partial charge in [0.2, 0.25) is 0 Å². The average Bonchev–Trinajstić information content (AvgIpc) is 2.90. The number of carbonyl (C=O) groups excluding carboxylic acids is 1. The minimum atomic E-state index is -0.907. The molecule has 0 bridgehead atoms. The lowest BCUT2D eigenvalue weighted by atomic mass is 10.0. The van der Waals surface area contributed by atoms with E-state index in [2.05, 4.69) is 20.2 Å². The molecule has 0 saturated carbocycles. The number of anilines is 2. The largest absolute Gasteiger partial charge is 0.493 e. The second kappa shape index (κ2) is 11.8. The number of aromatic nitrogens is 2. The van der Waals surface area contributed by atoms with Gasteiger partial charge in [0.05, 0.1) is 23.3 Å². The van der Waals surface area contributed by atoms with Crippen LogP contribution in [0.15, 0.2) is 36.7 Å². The molecule has 8 nitrogen and oxygen atoms in total. The van der Waals surface area contributed by atoms with Crippen molar-refractivity contribution in [1.29, 1.82) is 0 Å². The molecule has 1 fully saturated rings. The molecule has 36 heavy (non-hydrogen) atoms. The van der Waals surface area contributed by atoms with Crippen LogP contribution in [0.4, 0.5) is 15.9 Å². The summed E-state index contributed by atoms with van der Waals surface area (Å²) in [6.45, 7) is 4.45. The van der Waals surface area contributed by atoms with Gasteiger partial charge in [-0.25, -0.2) is 14.4 Å². The van der Waals surface area contributed by atoms with E-state index in [-0.39, 0.29) is 22.7 Å². The third-order valence-electron chi connectivity index (χ3n) is 6.58. The standard InChI is InChI=1S/C26H30ClFN4O4/c1-16(22(34)14-33)6-9-32-10-7-17(8-11-32)36-24-13-21-18(12-23(24)35-2)26(30-15-29-21)31-20-5-3-4-19(27)25(20)28/h3-5,12-17,22,34H,6-11H2,1-2H3,(H,29,30,31). The van der Waals surface area contributed by atoms with Gasteiger partial charge in [-0.3, -0.25) is 0 Å². The summed E-state index contributed by atoms with van der Waals surface area (Å²) < 4.78 is 26.3. The molecule has 1 aromatic heterocycles. The topological polar surface area (TPSA) is 96.8 Å². The number of likely N-dealkylation sites (tertiary alicyclic amines) is 1. The van der Waals surface area contributed by atoms with Crippen LogP contribution in [0.5, 0.6) is 11.5 Å². The van der Waals surface area contributed by atoms with Crippen molar-refractivity contribution >= 4 is 40.3 Å². The molecule has 1 aliphatic heterocycles. The normalized spacial score (nSPS) is 16.5. The first-order valence-electron chi connectivity index (χ1n) is 12.0. The molecule has 0 aliphatic carbocycles. The van der Waals surface area contributed by atoms with Crippen LogP contribution in [0.1, 0.15) is 26.2 Å². The Morgan fingerprint density at radius 3 is 2.78 bits per heavy atom. The molecule has 3 aromatic rings. The average molecular weight is 517 g/mol. The first-order valence-corrected chi connectivity index (χ1v) is 12.3. The van der Waals surface area contributed by atoms with Gasteiger partial charge < -0.3 is 29.6 Å². The molecule has 0 amide bonds. The number of hydrogen-bond acceptors (Lipinski definition) is 8. The van der Waals surface area contributed by atoms with Gasteiger partial charge in [0.1, 0.15) is 30.6 Å². The number of piperidine rings is 1. The molecule has 2 heterocycles. The van der Waals surface area contributed by atoms with Crippen molar-refractivity contribution in [3.8, 4) is 11.5 Å². The highest BCUT2D eigenvalue weighted by Crippen LogP contribution is 2.36. The van der Waals surface area contributed by atoms with E-state index in [4.69, 9.17) is 21.1 Å². The van der Waals surface area contributed by atoms with E-state index in [1.807, 2.05) is 13.0 Å². The van der Waals surface area contributed by atoms with Crippen LogP contribution in [-0.4, -0.2) is 65.2 Å². The van der Waals surface area contributed by atoms with Crippen molar-refractivity contribution < 1.29 is 23.8 Å². The van der Waals surface area contributed by atoms with Gasteiger partial charge in [-0.2, -0.15) is 0 Å². The van der Waals surface area contributed by atoms with Crippen LogP contribution < -0.4 is 14.8 Å². The highest BCUT2D eigenvalue weighted by molar-refractivity contribution is 6.31. The summed E-state index contributed by atoms with van der Waals surface area (Å²) in [5.74, 6) is 0.928. The Kier molecular flexibility index (Phi) is 8.56. The minimum Gasteiger partial charge on any atom is -0.493 e. The van der Waals surface area contributed by atoms with E-state index < -0.39 is 11.9 Å². The zero-order valence-corrected chi connectivity index (χ0v) is 21.0. The van der Waals surface area contributed by atoms with Crippen LogP contribution in [0.25, 0.3) is 10.9 Å². The Balaban J connectivity index is 1.44. The molecule has 4 rings (SSSR count). The molecule has 1 aliphatic rings. The number of rotatable bonds is 10. The summed E-state index contributed by atoms with van der Waals surface area (Å²) in [5.41, 5.74) is 0.842. The van der Waals surface area contributed by atoms with Gasteiger partial charge in [0, 0.05) is 24.5 Å². The fourth-order valence-corrected chi connectivity index (χ4v) is 4.44. The number of carbonyl (C=O) groups is 1. The monoisotopic (exact) mass is 516 g/mol. The van der Waals surface area contributed by atoms with E-state index in [1.165, 1.54) is 12.4 Å². The first kappa shape index (κ1) is 26.1. The highest BCUT2D eigenvalue weighted by Gasteiger charge is 2.23. The van der Waals surface area contributed by atoms with Crippen molar-refractivity contribution in [3.05, 3.63) is 47.5 Å². The van der Waals surface area contributed by atoms with E-state index in [0.717, 1.165) is 38.9 Å². The Morgan fingerprint density at radius 2 is 2.06 bits per heavy atom. The summed E-state index contributed by atoms with van der Waals surface area (Å²) in [5, 5.41) is 13.3. The molecule has 2 aromatic carbocycles. The molecule has 10 heteroatoms. The number of aldehydes is 1. The molecular formula is C26H30ClFN4O4. The maximum absolute atomic E-state index is 14.4. The Hall–Kier alpha value is -3.01. The van der Waals surface area contributed by atoms with E-state index >= 15 is 0 Å². The number of benzene rings is 2. The SMILES string of the molecule is COc1cc2c(Nc3cccc(Cl)c3F)ncnc2cc1OC1CCN(CCC(C)C(O)C=O)CC1. The maximum Gasteiger partial charge on any atom is 0.165 e. The van der Waals surface area contributed by atoms with Crippen LogP contribution in [0.2, 0.25) is 5.02 Å². The summed E-state index contributed by atoms with van der Waals surface area (Å²) in [4.78, 5) is 21.7. The van der Waals surface area contributed by atoms with Gasteiger partial charge in [-0.05, 0) is 49.9 Å². The molecule has 2 unspecified atom stereocenters. The number of methoxy groups -OCH3 is 1. The highest BCUT2D eigenvalue weighted by atomic mass is 35.5. The number of nitrogens with one attached hydrogen (secondary N) is 1. The Labute approximate surface area is 214 Å². The second-order valence-corrected chi connectivity index (χ2v) is 9.43. The number of hydrogen-bond donors (Lipinski definition) is 2. The van der Waals surface area contributed by atoms with Crippen molar-refractivity contribution in [3.63, 3.8) is 0 Å². The van der Waals surface area contributed by atoms with Gasteiger partial charge >= 0.3 is 0 Å². The number of aliphatic hydroxyl groups excluding tert-OH is 1. The number of ether oxygens (including phenoxy) is 2. The Morgan fingerprint density at radius 1 is 1.28 bits per heavy atom. The number of fused-ring (bicyclic) bond motifs is 1. The van der Waals surface area contributed by atoms with E-state index in [0.29, 0.717) is 34.5 Å². The first-order chi connectivity index (χ1) is 17.4. The lowest BCUT2D eigenvalue weighted by Gasteiger charge is -2.33. The van der Waals surface area contributed by atoms with Gasteiger partial charge in [-0.1, -0.05) is 24.6 Å². The third-order valence-corrected chi connectivity index (χ3v) is 6.87. The van der Waals surface area contributed by atoms with Gasteiger partial charge in [-0.15, -0.1) is 0 Å². The number of nitrogens with zero attached hydrogens (tertiary/aromatic N) is 3. The smallest absolute Gasteiger partial charge is 0.165 e. The fourth-order valence-electron chi connectivity index (χ4n) is 4.26. The van der Waals surface area contributed by atoms with Crippen LogP contribution >= 0.6 is 11.6 Å².